The molecular weight excluding hydrogens is 391 g/mol. The van der Waals surface area contributed by atoms with Crippen LogP contribution in [0.3, 0.4) is 0 Å². The lowest BCUT2D eigenvalue weighted by atomic mass is 10.0. The maximum absolute atomic E-state index is 14.7. The first-order valence-corrected chi connectivity index (χ1v) is 10.7. The molecule has 1 aliphatic carbocycles. The van der Waals surface area contributed by atoms with E-state index in [9.17, 15) is 9.18 Å². The molecule has 1 amide bonds. The van der Waals surface area contributed by atoms with Gasteiger partial charge in [-0.15, -0.1) is 0 Å². The molecule has 2 aromatic carbocycles. The molecule has 0 aliphatic heterocycles. The highest BCUT2D eigenvalue weighted by atomic mass is 19.1. The number of anilines is 1. The van der Waals surface area contributed by atoms with Crippen molar-refractivity contribution in [3.8, 4) is 11.3 Å². The van der Waals surface area contributed by atoms with Crippen molar-refractivity contribution < 1.29 is 9.18 Å². The van der Waals surface area contributed by atoms with Crippen LogP contribution in [0.1, 0.15) is 42.6 Å². The van der Waals surface area contributed by atoms with E-state index in [4.69, 9.17) is 0 Å². The highest BCUT2D eigenvalue weighted by Gasteiger charge is 2.26. The summed E-state index contributed by atoms with van der Waals surface area (Å²) in [5.74, 6) is 0.429. The van der Waals surface area contributed by atoms with E-state index >= 15 is 0 Å². The Hall–Kier alpha value is -3.28. The van der Waals surface area contributed by atoms with Crippen molar-refractivity contribution in [3.05, 3.63) is 77.7 Å². The van der Waals surface area contributed by atoms with Gasteiger partial charge in [-0.3, -0.25) is 4.79 Å². The van der Waals surface area contributed by atoms with Crippen LogP contribution in [0.2, 0.25) is 0 Å². The maximum atomic E-state index is 14.7. The van der Waals surface area contributed by atoms with Gasteiger partial charge < -0.3 is 10.2 Å². The molecular formula is C25H27FN4O. The number of halogens is 1. The number of rotatable bonds is 8. The van der Waals surface area contributed by atoms with Gasteiger partial charge in [0.25, 0.3) is 5.91 Å². The second-order valence-corrected chi connectivity index (χ2v) is 8.27. The third kappa shape index (κ3) is 5.08. The van der Waals surface area contributed by atoms with Crippen LogP contribution in [0.5, 0.6) is 0 Å². The zero-order chi connectivity index (χ0) is 21.8. The van der Waals surface area contributed by atoms with Gasteiger partial charge in [-0.25, -0.2) is 14.4 Å². The van der Waals surface area contributed by atoms with Crippen molar-refractivity contribution in [2.75, 3.05) is 11.9 Å². The van der Waals surface area contributed by atoms with Gasteiger partial charge in [-0.05, 0) is 50.3 Å². The molecule has 31 heavy (non-hydrogen) atoms. The third-order valence-corrected chi connectivity index (χ3v) is 5.47. The van der Waals surface area contributed by atoms with Crippen LogP contribution in [0, 0.1) is 11.7 Å². The molecule has 0 spiro atoms. The standard InChI is InChI=1S/C25H27FN4O/c1-17(2)30(16-19-8-4-3-5-9-19)24(31)21-15-28-25(27-14-18-12-13-18)29-23(21)20-10-6-7-11-22(20)26/h3-11,15,17-18H,12-14,16H2,1-2H3,(H,27,28,29). The first kappa shape index (κ1) is 21.0. The first-order chi connectivity index (χ1) is 15.0. The lowest BCUT2D eigenvalue weighted by Crippen LogP contribution is -2.37. The fraction of sp³-hybridized carbons (Fsp3) is 0.320. The number of benzene rings is 2. The van der Waals surface area contributed by atoms with Gasteiger partial charge in [0.2, 0.25) is 5.95 Å². The molecule has 0 saturated heterocycles. The van der Waals surface area contributed by atoms with Gasteiger partial charge >= 0.3 is 0 Å². The molecule has 6 heteroatoms. The zero-order valence-electron chi connectivity index (χ0n) is 17.9. The predicted octanol–water partition coefficient (Wildman–Crippen LogP) is 5.16. The highest BCUT2D eigenvalue weighted by Crippen LogP contribution is 2.30. The van der Waals surface area contributed by atoms with E-state index in [0.717, 1.165) is 12.1 Å². The summed E-state index contributed by atoms with van der Waals surface area (Å²) < 4.78 is 14.7. The van der Waals surface area contributed by atoms with E-state index in [1.54, 1.807) is 23.1 Å². The minimum Gasteiger partial charge on any atom is -0.354 e. The summed E-state index contributed by atoms with van der Waals surface area (Å²) in [6.45, 7) is 5.18. The number of nitrogens with zero attached hydrogens (tertiary/aromatic N) is 3. The largest absolute Gasteiger partial charge is 0.354 e. The molecule has 4 rings (SSSR count). The van der Waals surface area contributed by atoms with E-state index in [-0.39, 0.29) is 11.9 Å². The maximum Gasteiger partial charge on any atom is 0.258 e. The summed E-state index contributed by atoms with van der Waals surface area (Å²) in [5.41, 5.74) is 1.94. The van der Waals surface area contributed by atoms with Gasteiger partial charge in [-0.1, -0.05) is 42.5 Å². The molecule has 0 radical (unpaired) electrons. The average Bonchev–Trinajstić information content (AvgIpc) is 3.61. The van der Waals surface area contributed by atoms with Crippen LogP contribution in [0.25, 0.3) is 11.3 Å². The summed E-state index contributed by atoms with van der Waals surface area (Å²) in [5, 5.41) is 3.22. The van der Waals surface area contributed by atoms with Gasteiger partial charge in [-0.2, -0.15) is 0 Å². The predicted molar refractivity (Wildman–Crippen MR) is 120 cm³/mol. The summed E-state index contributed by atoms with van der Waals surface area (Å²) >= 11 is 0. The number of hydrogen-bond donors (Lipinski definition) is 1. The Bertz CT molecular complexity index is 1050. The number of carbonyl (C=O) groups is 1. The molecule has 1 heterocycles. The SMILES string of the molecule is CC(C)N(Cc1ccccc1)C(=O)c1cnc(NCC2CC2)nc1-c1ccccc1F. The Morgan fingerprint density at radius 3 is 2.52 bits per heavy atom. The summed E-state index contributed by atoms with van der Waals surface area (Å²) in [6.07, 6.45) is 3.92. The van der Waals surface area contributed by atoms with Crippen molar-refractivity contribution >= 4 is 11.9 Å². The number of carbonyl (C=O) groups excluding carboxylic acids is 1. The van der Waals surface area contributed by atoms with Crippen LogP contribution >= 0.6 is 0 Å². The van der Waals surface area contributed by atoms with Crippen LogP contribution in [0.4, 0.5) is 10.3 Å². The fourth-order valence-electron chi connectivity index (χ4n) is 3.46. The second kappa shape index (κ2) is 9.25. The molecule has 1 aromatic heterocycles. The van der Waals surface area contributed by atoms with Crippen LogP contribution in [-0.2, 0) is 6.54 Å². The molecule has 1 N–H and O–H groups in total. The van der Waals surface area contributed by atoms with E-state index in [1.807, 2.05) is 44.2 Å². The Labute approximate surface area is 182 Å². The van der Waals surface area contributed by atoms with Crippen molar-refractivity contribution in [3.63, 3.8) is 0 Å². The molecule has 1 fully saturated rings. The number of aromatic nitrogens is 2. The Kier molecular flexibility index (Phi) is 6.26. The topological polar surface area (TPSA) is 58.1 Å². The van der Waals surface area contributed by atoms with Gasteiger partial charge in [0.15, 0.2) is 0 Å². The smallest absolute Gasteiger partial charge is 0.258 e. The minimum absolute atomic E-state index is 0.0474. The highest BCUT2D eigenvalue weighted by molar-refractivity contribution is 6.00. The van der Waals surface area contributed by atoms with Crippen molar-refractivity contribution in [2.24, 2.45) is 5.92 Å². The van der Waals surface area contributed by atoms with Gasteiger partial charge in [0, 0.05) is 30.9 Å². The van der Waals surface area contributed by atoms with Crippen molar-refractivity contribution in [2.45, 2.75) is 39.3 Å². The monoisotopic (exact) mass is 418 g/mol. The summed E-state index contributed by atoms with van der Waals surface area (Å²) in [6, 6.07) is 16.2. The van der Waals surface area contributed by atoms with Gasteiger partial charge in [0.05, 0.1) is 11.3 Å². The molecule has 3 aromatic rings. The van der Waals surface area contributed by atoms with E-state index in [0.29, 0.717) is 35.2 Å². The van der Waals surface area contributed by atoms with Crippen LogP contribution in [0.15, 0.2) is 60.8 Å². The molecule has 1 saturated carbocycles. The van der Waals surface area contributed by atoms with Crippen LogP contribution < -0.4 is 5.32 Å². The van der Waals surface area contributed by atoms with E-state index in [1.165, 1.54) is 25.1 Å². The molecule has 1 aliphatic rings. The normalized spacial score (nSPS) is 13.3. The third-order valence-electron chi connectivity index (χ3n) is 5.47. The summed E-state index contributed by atoms with van der Waals surface area (Å²) in [4.78, 5) is 24.3. The lowest BCUT2D eigenvalue weighted by molar-refractivity contribution is 0.0690. The number of amides is 1. The zero-order valence-corrected chi connectivity index (χ0v) is 17.9. The Morgan fingerprint density at radius 1 is 1.13 bits per heavy atom. The molecule has 160 valence electrons. The van der Waals surface area contributed by atoms with E-state index in [2.05, 4.69) is 15.3 Å². The quantitative estimate of drug-likeness (QED) is 0.549. The Balaban J connectivity index is 1.70. The lowest BCUT2D eigenvalue weighted by Gasteiger charge is -2.27. The number of nitrogens with one attached hydrogen (secondary N) is 1. The van der Waals surface area contributed by atoms with Crippen molar-refractivity contribution in [1.82, 2.24) is 14.9 Å². The number of hydrogen-bond acceptors (Lipinski definition) is 4. The summed E-state index contributed by atoms with van der Waals surface area (Å²) in [7, 11) is 0. The van der Waals surface area contributed by atoms with Crippen molar-refractivity contribution in [1.29, 1.82) is 0 Å². The molecule has 0 bridgehead atoms. The molecule has 0 unspecified atom stereocenters. The average molecular weight is 419 g/mol. The molecule has 0 atom stereocenters. The fourth-order valence-corrected chi connectivity index (χ4v) is 3.46. The van der Waals surface area contributed by atoms with Gasteiger partial charge in [0.1, 0.15) is 5.82 Å². The Morgan fingerprint density at radius 2 is 1.84 bits per heavy atom. The van der Waals surface area contributed by atoms with Crippen LogP contribution in [-0.4, -0.2) is 33.4 Å². The second-order valence-electron chi connectivity index (χ2n) is 8.27. The molecule has 5 nitrogen and oxygen atoms in total. The first-order valence-electron chi connectivity index (χ1n) is 10.7. The van der Waals surface area contributed by atoms with E-state index < -0.39 is 5.82 Å². The minimum atomic E-state index is -0.414.